The zero-order valence-electron chi connectivity index (χ0n) is 11.5. The van der Waals surface area contributed by atoms with Gasteiger partial charge in [-0.25, -0.2) is 13.2 Å². The van der Waals surface area contributed by atoms with Crippen molar-refractivity contribution in [2.45, 2.75) is 0 Å². The highest BCUT2D eigenvalue weighted by atomic mass is 19.1. The summed E-state index contributed by atoms with van der Waals surface area (Å²) in [5.74, 6) is -3.28. The van der Waals surface area contributed by atoms with E-state index in [-0.39, 0.29) is 22.2 Å². The maximum atomic E-state index is 13.6. The number of hydrogen-bond donors (Lipinski definition) is 2. The average Bonchev–Trinajstić information content (AvgIpc) is 2.51. The van der Waals surface area contributed by atoms with Crippen molar-refractivity contribution in [1.29, 1.82) is 0 Å². The first-order chi connectivity index (χ1) is 11.0. The minimum absolute atomic E-state index is 0.00257. The number of aromatic nitrogens is 1. The second-order valence-electron chi connectivity index (χ2n) is 4.77. The summed E-state index contributed by atoms with van der Waals surface area (Å²) in [5.41, 5.74) is -1.30. The Bertz CT molecular complexity index is 983. The smallest absolute Gasteiger partial charge is 0.261 e. The fraction of sp³-hybridized carbons (Fsp3) is 0. The summed E-state index contributed by atoms with van der Waals surface area (Å²) in [6, 6.07) is 6.50. The lowest BCUT2D eigenvalue weighted by atomic mass is 10.1. The van der Waals surface area contributed by atoms with Gasteiger partial charge in [-0.2, -0.15) is 0 Å². The van der Waals surface area contributed by atoms with Gasteiger partial charge in [0, 0.05) is 17.6 Å². The van der Waals surface area contributed by atoms with Gasteiger partial charge in [-0.3, -0.25) is 9.59 Å². The van der Waals surface area contributed by atoms with Gasteiger partial charge in [0.15, 0.2) is 0 Å². The first-order valence-electron chi connectivity index (χ1n) is 6.53. The van der Waals surface area contributed by atoms with Crippen LogP contribution < -0.4 is 10.7 Å². The van der Waals surface area contributed by atoms with Gasteiger partial charge in [0.05, 0.1) is 11.2 Å². The zero-order chi connectivity index (χ0) is 16.6. The monoisotopic (exact) mass is 318 g/mol. The number of benzene rings is 2. The lowest BCUT2D eigenvalue weighted by Crippen LogP contribution is -2.22. The number of hydrogen-bond acceptors (Lipinski definition) is 2. The average molecular weight is 318 g/mol. The lowest BCUT2D eigenvalue weighted by Gasteiger charge is -2.07. The molecule has 3 aromatic rings. The first kappa shape index (κ1) is 14.8. The van der Waals surface area contributed by atoms with Crippen LogP contribution in [0.5, 0.6) is 0 Å². The molecule has 4 nitrogen and oxygen atoms in total. The van der Waals surface area contributed by atoms with E-state index in [2.05, 4.69) is 10.3 Å². The molecule has 0 saturated carbocycles. The summed E-state index contributed by atoms with van der Waals surface area (Å²) >= 11 is 0. The molecule has 0 aliphatic rings. The largest absolute Gasteiger partial charge is 0.358 e. The van der Waals surface area contributed by atoms with Gasteiger partial charge in [0.2, 0.25) is 5.43 Å². The number of pyridine rings is 1. The number of halogens is 3. The third-order valence-electron chi connectivity index (χ3n) is 3.29. The number of carbonyl (C=O) groups excluding carboxylic acids is 1. The van der Waals surface area contributed by atoms with Crippen LogP contribution in [0, 0.1) is 17.5 Å². The molecule has 3 rings (SSSR count). The van der Waals surface area contributed by atoms with Crippen molar-refractivity contribution < 1.29 is 18.0 Å². The van der Waals surface area contributed by atoms with Crippen LogP contribution >= 0.6 is 0 Å². The molecule has 0 bridgehead atoms. The molecular formula is C16H9F3N2O2. The highest BCUT2D eigenvalue weighted by Gasteiger charge is 2.16. The SMILES string of the molecule is O=C(Nc1ccc(F)cc1F)c1c[nH]c2c(F)cccc2c1=O. The maximum absolute atomic E-state index is 13.6. The highest BCUT2D eigenvalue weighted by Crippen LogP contribution is 2.16. The Kier molecular flexibility index (Phi) is 3.61. The van der Waals surface area contributed by atoms with Crippen molar-refractivity contribution in [3.63, 3.8) is 0 Å². The lowest BCUT2D eigenvalue weighted by molar-refractivity contribution is 0.102. The Morgan fingerprint density at radius 1 is 1.04 bits per heavy atom. The van der Waals surface area contributed by atoms with E-state index in [4.69, 9.17) is 0 Å². The Hall–Kier alpha value is -3.09. The van der Waals surface area contributed by atoms with E-state index in [1.165, 1.54) is 18.2 Å². The highest BCUT2D eigenvalue weighted by molar-refractivity contribution is 6.05. The van der Waals surface area contributed by atoms with E-state index >= 15 is 0 Å². The van der Waals surface area contributed by atoms with Crippen LogP contribution in [0.3, 0.4) is 0 Å². The van der Waals surface area contributed by atoms with Crippen molar-refractivity contribution in [3.8, 4) is 0 Å². The summed E-state index contributed by atoms with van der Waals surface area (Å²) in [6.07, 6.45) is 1.05. The van der Waals surface area contributed by atoms with E-state index < -0.39 is 28.8 Å². The van der Waals surface area contributed by atoms with Crippen molar-refractivity contribution in [3.05, 3.63) is 75.8 Å². The summed E-state index contributed by atoms with van der Waals surface area (Å²) in [5, 5.41) is 2.18. The molecule has 7 heteroatoms. The molecule has 0 aliphatic carbocycles. The normalized spacial score (nSPS) is 10.7. The Morgan fingerprint density at radius 3 is 2.57 bits per heavy atom. The van der Waals surface area contributed by atoms with Crippen LogP contribution in [0.4, 0.5) is 18.9 Å². The van der Waals surface area contributed by atoms with Crippen LogP contribution in [-0.2, 0) is 0 Å². The summed E-state index contributed by atoms with van der Waals surface area (Å²) < 4.78 is 40.0. The number of aromatic amines is 1. The van der Waals surface area contributed by atoms with Gasteiger partial charge in [-0.05, 0) is 24.3 Å². The summed E-state index contributed by atoms with van der Waals surface area (Å²) in [7, 11) is 0. The third kappa shape index (κ3) is 2.68. The minimum atomic E-state index is -0.971. The Balaban J connectivity index is 2.01. The minimum Gasteiger partial charge on any atom is -0.358 e. The van der Waals surface area contributed by atoms with E-state index in [1.54, 1.807) is 0 Å². The number of fused-ring (bicyclic) bond motifs is 1. The van der Waals surface area contributed by atoms with Gasteiger partial charge in [0.1, 0.15) is 23.0 Å². The number of nitrogens with one attached hydrogen (secondary N) is 2. The molecule has 116 valence electrons. The van der Waals surface area contributed by atoms with E-state index in [0.717, 1.165) is 18.3 Å². The molecule has 0 aliphatic heterocycles. The summed E-state index contributed by atoms with van der Waals surface area (Å²) in [6.45, 7) is 0. The molecule has 2 N–H and O–H groups in total. The number of carbonyl (C=O) groups is 1. The fourth-order valence-electron chi connectivity index (χ4n) is 2.16. The van der Waals surface area contributed by atoms with Gasteiger partial charge in [0.25, 0.3) is 5.91 Å². The number of amides is 1. The fourth-order valence-corrected chi connectivity index (χ4v) is 2.16. The molecule has 1 aromatic heterocycles. The molecule has 23 heavy (non-hydrogen) atoms. The quantitative estimate of drug-likeness (QED) is 0.762. The molecule has 0 fully saturated rings. The number of rotatable bonds is 2. The van der Waals surface area contributed by atoms with E-state index in [0.29, 0.717) is 6.07 Å². The van der Waals surface area contributed by atoms with Crippen LogP contribution in [0.15, 0.2) is 47.4 Å². The van der Waals surface area contributed by atoms with E-state index in [1.807, 2.05) is 0 Å². The topological polar surface area (TPSA) is 62.0 Å². The van der Waals surface area contributed by atoms with Gasteiger partial charge < -0.3 is 10.3 Å². The maximum Gasteiger partial charge on any atom is 0.261 e. The standard InChI is InChI=1S/C16H9F3N2O2/c17-8-4-5-13(12(19)6-8)21-16(23)10-7-20-14-9(15(10)22)2-1-3-11(14)18/h1-7H,(H,20,22)(H,21,23). The summed E-state index contributed by atoms with van der Waals surface area (Å²) in [4.78, 5) is 26.9. The molecule has 0 unspecified atom stereocenters. The van der Waals surface area contributed by atoms with Gasteiger partial charge in [-0.15, -0.1) is 0 Å². The van der Waals surface area contributed by atoms with Crippen LogP contribution in [0.1, 0.15) is 10.4 Å². The second-order valence-corrected chi connectivity index (χ2v) is 4.77. The molecule has 0 radical (unpaired) electrons. The molecular weight excluding hydrogens is 309 g/mol. The predicted octanol–water partition coefficient (Wildman–Crippen LogP) is 3.20. The molecule has 0 spiro atoms. The molecule has 0 saturated heterocycles. The molecule has 0 atom stereocenters. The first-order valence-corrected chi connectivity index (χ1v) is 6.53. The molecule has 1 heterocycles. The predicted molar refractivity (Wildman–Crippen MR) is 78.8 cm³/mol. The molecule has 2 aromatic carbocycles. The van der Waals surface area contributed by atoms with E-state index in [9.17, 15) is 22.8 Å². The number of para-hydroxylation sites is 1. The van der Waals surface area contributed by atoms with Crippen LogP contribution in [0.25, 0.3) is 10.9 Å². The van der Waals surface area contributed by atoms with Crippen LogP contribution in [-0.4, -0.2) is 10.9 Å². The third-order valence-corrected chi connectivity index (χ3v) is 3.29. The van der Waals surface area contributed by atoms with Gasteiger partial charge in [-0.1, -0.05) is 6.07 Å². The van der Waals surface area contributed by atoms with Crippen molar-refractivity contribution in [1.82, 2.24) is 4.98 Å². The van der Waals surface area contributed by atoms with Crippen molar-refractivity contribution in [2.75, 3.05) is 5.32 Å². The molecule has 1 amide bonds. The number of anilines is 1. The number of H-pyrrole nitrogens is 1. The Labute approximate surface area is 127 Å². The van der Waals surface area contributed by atoms with Gasteiger partial charge >= 0.3 is 0 Å². The second kappa shape index (κ2) is 5.60. The van der Waals surface area contributed by atoms with Crippen LogP contribution in [0.2, 0.25) is 0 Å². The zero-order valence-corrected chi connectivity index (χ0v) is 11.5. The Morgan fingerprint density at radius 2 is 1.83 bits per heavy atom. The van der Waals surface area contributed by atoms with Crippen molar-refractivity contribution >= 4 is 22.5 Å². The van der Waals surface area contributed by atoms with Crippen molar-refractivity contribution in [2.24, 2.45) is 0 Å².